The number of hydrogen-bond donors (Lipinski definition) is 2. The number of nitrogens with two attached hydrogens (primary N) is 2. The predicted molar refractivity (Wildman–Crippen MR) is 88.2 cm³/mol. The molecule has 2 fully saturated rings. The molecule has 0 aromatic carbocycles. The van der Waals surface area contributed by atoms with Crippen molar-refractivity contribution >= 4 is 11.9 Å². The van der Waals surface area contributed by atoms with E-state index in [4.69, 9.17) is 20.9 Å². The second-order valence-corrected chi connectivity index (χ2v) is 6.48. The normalized spacial score (nSPS) is 26.0. The minimum Gasteiger partial charge on any atom is -0.407 e. The van der Waals surface area contributed by atoms with Gasteiger partial charge in [0.25, 0.3) is 0 Å². The van der Waals surface area contributed by atoms with E-state index in [1.807, 2.05) is 18.7 Å². The van der Waals surface area contributed by atoms with Gasteiger partial charge in [0.2, 0.25) is 0 Å². The van der Waals surface area contributed by atoms with Gasteiger partial charge >= 0.3 is 17.8 Å². The van der Waals surface area contributed by atoms with Crippen molar-refractivity contribution in [3.05, 3.63) is 0 Å². The maximum absolute atomic E-state index is 12.2. The molecule has 2 rings (SSSR count). The van der Waals surface area contributed by atoms with Crippen molar-refractivity contribution in [2.45, 2.75) is 70.6 Å². The fourth-order valence-electron chi connectivity index (χ4n) is 3.21. The molecule has 0 aromatic rings. The van der Waals surface area contributed by atoms with Crippen molar-refractivity contribution in [2.75, 3.05) is 19.6 Å². The minimum atomic E-state index is -1.49. The first kappa shape index (κ1) is 19.1. The highest BCUT2D eigenvalue weighted by atomic mass is 16.8. The van der Waals surface area contributed by atoms with Crippen molar-refractivity contribution in [3.8, 4) is 0 Å². The Morgan fingerprint density at radius 1 is 1.00 bits per heavy atom. The van der Waals surface area contributed by atoms with E-state index in [2.05, 4.69) is 0 Å². The number of rotatable bonds is 4. The Labute approximate surface area is 143 Å². The van der Waals surface area contributed by atoms with Crippen LogP contribution in [0.25, 0.3) is 0 Å². The quantitative estimate of drug-likeness (QED) is 0.702. The molecule has 2 unspecified atom stereocenters. The zero-order chi connectivity index (χ0) is 17.7. The number of esters is 2. The molecule has 0 radical (unpaired) electrons. The molecular formula is C16H30N4O4. The largest absolute Gasteiger partial charge is 0.407 e. The summed E-state index contributed by atoms with van der Waals surface area (Å²) in [5.74, 6) is -2.23. The van der Waals surface area contributed by atoms with Gasteiger partial charge in [-0.15, -0.1) is 0 Å². The molecule has 24 heavy (non-hydrogen) atoms. The van der Waals surface area contributed by atoms with Crippen molar-refractivity contribution in [3.63, 3.8) is 0 Å². The molecule has 4 N–H and O–H groups in total. The van der Waals surface area contributed by atoms with E-state index in [1.165, 1.54) is 0 Å². The number of ether oxygens (including phenoxy) is 2. The molecule has 0 aliphatic carbocycles. The van der Waals surface area contributed by atoms with Crippen LogP contribution in [0.5, 0.6) is 0 Å². The Bertz CT molecular complexity index is 439. The van der Waals surface area contributed by atoms with Crippen LogP contribution in [0.4, 0.5) is 0 Å². The highest BCUT2D eigenvalue weighted by Gasteiger charge is 2.51. The van der Waals surface area contributed by atoms with Gasteiger partial charge in [0.15, 0.2) is 0 Å². The van der Waals surface area contributed by atoms with Gasteiger partial charge in [0.1, 0.15) is 0 Å². The number of nitrogens with zero attached hydrogens (tertiary/aromatic N) is 2. The topological polar surface area (TPSA) is 111 Å². The minimum absolute atomic E-state index is 0.188. The molecule has 0 aromatic heterocycles. The summed E-state index contributed by atoms with van der Waals surface area (Å²) in [6.07, 6.45) is 2.61. The molecule has 8 nitrogen and oxygen atoms in total. The summed E-state index contributed by atoms with van der Waals surface area (Å²) in [6.45, 7) is 5.35. The SMILES string of the molecule is CCC(N)N1CCN(C(N)CC)C2(C1)OC(=O)CCCCC(=O)O2. The highest BCUT2D eigenvalue weighted by Crippen LogP contribution is 2.30. The maximum Gasteiger partial charge on any atom is 0.334 e. The molecule has 138 valence electrons. The van der Waals surface area contributed by atoms with Crippen molar-refractivity contribution in [1.29, 1.82) is 0 Å². The summed E-state index contributed by atoms with van der Waals surface area (Å²) < 4.78 is 11.4. The van der Waals surface area contributed by atoms with Gasteiger partial charge in [-0.25, -0.2) is 4.90 Å². The third kappa shape index (κ3) is 4.24. The second-order valence-electron chi connectivity index (χ2n) is 6.48. The van der Waals surface area contributed by atoms with Crippen LogP contribution in [0, 0.1) is 0 Å². The molecule has 2 saturated heterocycles. The van der Waals surface area contributed by atoms with E-state index in [0.717, 1.165) is 6.42 Å². The van der Waals surface area contributed by atoms with Crippen LogP contribution in [0.2, 0.25) is 0 Å². The summed E-state index contributed by atoms with van der Waals surface area (Å²) in [6, 6.07) is 0. The van der Waals surface area contributed by atoms with E-state index in [1.54, 1.807) is 4.90 Å². The molecule has 0 bridgehead atoms. The smallest absolute Gasteiger partial charge is 0.334 e. The van der Waals surface area contributed by atoms with Crippen LogP contribution < -0.4 is 11.5 Å². The fraction of sp³-hybridized carbons (Fsp3) is 0.875. The Balaban J connectivity index is 2.35. The van der Waals surface area contributed by atoms with Crippen molar-refractivity contribution in [2.24, 2.45) is 11.5 Å². The zero-order valence-electron chi connectivity index (χ0n) is 14.7. The van der Waals surface area contributed by atoms with Crippen LogP contribution in [0.15, 0.2) is 0 Å². The molecule has 2 heterocycles. The van der Waals surface area contributed by atoms with Gasteiger partial charge in [-0.3, -0.25) is 14.5 Å². The Morgan fingerprint density at radius 2 is 1.54 bits per heavy atom. The Hall–Kier alpha value is -1.22. The van der Waals surface area contributed by atoms with Crippen LogP contribution in [0.3, 0.4) is 0 Å². The standard InChI is InChI=1S/C16H30N4O4/c1-3-12(17)19-9-10-20(13(18)4-2)16(11-19)23-14(21)7-5-6-8-15(22)24-16/h12-13H,3-11,17-18H2,1-2H3. The lowest BCUT2D eigenvalue weighted by atomic mass is 10.1. The number of hydrogen-bond acceptors (Lipinski definition) is 8. The van der Waals surface area contributed by atoms with Gasteiger partial charge in [-0.1, -0.05) is 13.8 Å². The molecular weight excluding hydrogens is 312 g/mol. The molecule has 2 aliphatic heterocycles. The molecule has 8 heteroatoms. The third-order valence-corrected chi connectivity index (χ3v) is 4.73. The predicted octanol–water partition coefficient (Wildman–Crippen LogP) is 0.308. The average molecular weight is 342 g/mol. The zero-order valence-corrected chi connectivity index (χ0v) is 14.7. The van der Waals surface area contributed by atoms with Gasteiger partial charge in [-0.2, -0.15) is 0 Å². The molecule has 1 spiro atoms. The Kier molecular flexibility index (Phi) is 6.56. The number of piperazine rings is 1. The van der Waals surface area contributed by atoms with Crippen LogP contribution in [-0.4, -0.2) is 59.6 Å². The lowest BCUT2D eigenvalue weighted by Crippen LogP contribution is -2.71. The second kappa shape index (κ2) is 8.24. The van der Waals surface area contributed by atoms with Crippen LogP contribution in [0.1, 0.15) is 52.4 Å². The van der Waals surface area contributed by atoms with E-state index in [-0.39, 0.29) is 43.7 Å². The van der Waals surface area contributed by atoms with Crippen LogP contribution >= 0.6 is 0 Å². The first-order valence-corrected chi connectivity index (χ1v) is 8.87. The van der Waals surface area contributed by atoms with Gasteiger partial charge in [0.05, 0.1) is 18.9 Å². The summed E-state index contributed by atoms with van der Waals surface area (Å²) in [4.78, 5) is 28.2. The van der Waals surface area contributed by atoms with Crippen LogP contribution in [-0.2, 0) is 19.1 Å². The molecule has 2 aliphatic rings. The van der Waals surface area contributed by atoms with E-state index in [0.29, 0.717) is 32.4 Å². The lowest BCUT2D eigenvalue weighted by Gasteiger charge is -2.50. The summed E-state index contributed by atoms with van der Waals surface area (Å²) in [5.41, 5.74) is 12.4. The first-order valence-electron chi connectivity index (χ1n) is 8.87. The van der Waals surface area contributed by atoms with Crippen molar-refractivity contribution < 1.29 is 19.1 Å². The number of carbonyl (C=O) groups excluding carboxylic acids is 2. The van der Waals surface area contributed by atoms with E-state index in [9.17, 15) is 9.59 Å². The monoisotopic (exact) mass is 342 g/mol. The lowest BCUT2D eigenvalue weighted by molar-refractivity contribution is -0.315. The fourth-order valence-corrected chi connectivity index (χ4v) is 3.21. The molecule has 2 atom stereocenters. The van der Waals surface area contributed by atoms with E-state index >= 15 is 0 Å². The summed E-state index contributed by atoms with van der Waals surface area (Å²) in [7, 11) is 0. The van der Waals surface area contributed by atoms with Crippen molar-refractivity contribution in [1.82, 2.24) is 9.80 Å². The van der Waals surface area contributed by atoms with E-state index < -0.39 is 5.91 Å². The third-order valence-electron chi connectivity index (χ3n) is 4.73. The van der Waals surface area contributed by atoms with Gasteiger partial charge in [-0.05, 0) is 25.7 Å². The molecule has 0 amide bonds. The average Bonchev–Trinajstić information content (AvgIpc) is 2.62. The maximum atomic E-state index is 12.2. The summed E-state index contributed by atoms with van der Waals surface area (Å²) in [5, 5.41) is 0. The number of carbonyl (C=O) groups is 2. The Morgan fingerprint density at radius 3 is 2.04 bits per heavy atom. The van der Waals surface area contributed by atoms with Gasteiger partial charge in [0, 0.05) is 25.9 Å². The summed E-state index contributed by atoms with van der Waals surface area (Å²) >= 11 is 0. The molecule has 0 saturated carbocycles. The first-order chi connectivity index (χ1) is 11.4. The van der Waals surface area contributed by atoms with Gasteiger partial charge < -0.3 is 20.9 Å². The highest BCUT2D eigenvalue weighted by molar-refractivity contribution is 5.73.